The Kier molecular flexibility index (Phi) is 6.88. The third-order valence-corrected chi connectivity index (χ3v) is 5.39. The van der Waals surface area contributed by atoms with Crippen molar-refractivity contribution >= 4 is 5.91 Å². The quantitative estimate of drug-likeness (QED) is 0.744. The zero-order valence-corrected chi connectivity index (χ0v) is 16.4. The number of carbonyl (C=O) groups is 1. The topological polar surface area (TPSA) is 32.8 Å². The summed E-state index contributed by atoms with van der Waals surface area (Å²) in [5.41, 5.74) is 2.46. The summed E-state index contributed by atoms with van der Waals surface area (Å²) in [5.74, 6) is 1.36. The summed E-state index contributed by atoms with van der Waals surface area (Å²) in [6.07, 6.45) is 1.88. The SMILES string of the molecule is CCN(Cc1ccccc1)C(=O)C1CCN(Cc2cccc(OC)c2)CC1. The molecular weight excluding hydrogens is 336 g/mol. The highest BCUT2D eigenvalue weighted by Crippen LogP contribution is 2.23. The standard InChI is InChI=1S/C23H30N2O2/c1-3-25(18-19-8-5-4-6-9-19)23(26)21-12-14-24(15-13-21)17-20-10-7-11-22(16-20)27-2/h4-11,16,21H,3,12-15,17-18H2,1-2H3. The summed E-state index contributed by atoms with van der Waals surface area (Å²) < 4.78 is 5.31. The Morgan fingerprint density at radius 3 is 2.44 bits per heavy atom. The van der Waals surface area contributed by atoms with Gasteiger partial charge in [-0.2, -0.15) is 0 Å². The van der Waals surface area contributed by atoms with E-state index in [4.69, 9.17) is 4.74 Å². The first-order chi connectivity index (χ1) is 13.2. The van der Waals surface area contributed by atoms with E-state index >= 15 is 0 Å². The number of hydrogen-bond donors (Lipinski definition) is 0. The molecule has 4 heteroatoms. The molecule has 0 aromatic heterocycles. The lowest BCUT2D eigenvalue weighted by Gasteiger charge is -2.34. The molecular formula is C23H30N2O2. The number of amides is 1. The van der Waals surface area contributed by atoms with Crippen LogP contribution in [-0.4, -0.2) is 42.5 Å². The van der Waals surface area contributed by atoms with Gasteiger partial charge in [-0.3, -0.25) is 9.69 Å². The van der Waals surface area contributed by atoms with Gasteiger partial charge in [0, 0.05) is 25.6 Å². The van der Waals surface area contributed by atoms with Crippen LogP contribution >= 0.6 is 0 Å². The molecule has 27 heavy (non-hydrogen) atoms. The third kappa shape index (κ3) is 5.33. The first-order valence-corrected chi connectivity index (χ1v) is 9.87. The Labute approximate surface area is 162 Å². The van der Waals surface area contributed by atoms with Crippen molar-refractivity contribution in [2.24, 2.45) is 5.92 Å². The average molecular weight is 367 g/mol. The molecule has 1 saturated heterocycles. The van der Waals surface area contributed by atoms with Crippen molar-refractivity contribution in [3.05, 3.63) is 65.7 Å². The second kappa shape index (κ2) is 9.56. The van der Waals surface area contributed by atoms with E-state index in [9.17, 15) is 4.79 Å². The van der Waals surface area contributed by atoms with E-state index in [-0.39, 0.29) is 5.92 Å². The molecule has 0 atom stereocenters. The molecule has 1 aliphatic rings. The van der Waals surface area contributed by atoms with Crippen molar-refractivity contribution in [2.75, 3.05) is 26.7 Å². The van der Waals surface area contributed by atoms with E-state index in [1.807, 2.05) is 35.2 Å². The molecule has 0 aliphatic carbocycles. The van der Waals surface area contributed by atoms with Crippen LogP contribution in [0.25, 0.3) is 0 Å². The van der Waals surface area contributed by atoms with Crippen LogP contribution in [0.15, 0.2) is 54.6 Å². The predicted octanol–water partition coefficient (Wildman–Crippen LogP) is 3.96. The van der Waals surface area contributed by atoms with Crippen LogP contribution in [0, 0.1) is 5.92 Å². The summed E-state index contributed by atoms with van der Waals surface area (Å²) in [4.78, 5) is 17.4. The Bertz CT molecular complexity index is 724. The fraction of sp³-hybridized carbons (Fsp3) is 0.435. The first kappa shape index (κ1) is 19.4. The minimum absolute atomic E-state index is 0.148. The van der Waals surface area contributed by atoms with Gasteiger partial charge in [0.05, 0.1) is 7.11 Å². The van der Waals surface area contributed by atoms with Crippen LogP contribution in [0.2, 0.25) is 0 Å². The second-order valence-electron chi connectivity index (χ2n) is 7.24. The van der Waals surface area contributed by atoms with Crippen molar-refractivity contribution < 1.29 is 9.53 Å². The monoisotopic (exact) mass is 366 g/mol. The van der Waals surface area contributed by atoms with Crippen molar-refractivity contribution in [1.29, 1.82) is 0 Å². The maximum atomic E-state index is 13.0. The Morgan fingerprint density at radius 2 is 1.78 bits per heavy atom. The fourth-order valence-electron chi connectivity index (χ4n) is 3.77. The van der Waals surface area contributed by atoms with Gasteiger partial charge >= 0.3 is 0 Å². The van der Waals surface area contributed by atoms with Crippen LogP contribution in [0.3, 0.4) is 0 Å². The molecule has 2 aromatic rings. The van der Waals surface area contributed by atoms with Gasteiger partial charge < -0.3 is 9.64 Å². The Hall–Kier alpha value is -2.33. The lowest BCUT2D eigenvalue weighted by molar-refractivity contribution is -0.137. The van der Waals surface area contributed by atoms with E-state index in [1.54, 1.807) is 7.11 Å². The maximum absolute atomic E-state index is 13.0. The van der Waals surface area contributed by atoms with E-state index in [0.717, 1.165) is 44.8 Å². The van der Waals surface area contributed by atoms with E-state index < -0.39 is 0 Å². The van der Waals surface area contributed by atoms with Gasteiger partial charge in [0.25, 0.3) is 0 Å². The maximum Gasteiger partial charge on any atom is 0.226 e. The minimum atomic E-state index is 0.148. The molecule has 2 aromatic carbocycles. The number of carbonyl (C=O) groups excluding carboxylic acids is 1. The second-order valence-corrected chi connectivity index (χ2v) is 7.24. The molecule has 1 fully saturated rings. The van der Waals surface area contributed by atoms with Gasteiger partial charge in [-0.1, -0.05) is 42.5 Å². The smallest absolute Gasteiger partial charge is 0.226 e. The predicted molar refractivity (Wildman–Crippen MR) is 109 cm³/mol. The van der Waals surface area contributed by atoms with Crippen LogP contribution in [0.5, 0.6) is 5.75 Å². The van der Waals surface area contributed by atoms with Crippen molar-refractivity contribution in [3.8, 4) is 5.75 Å². The first-order valence-electron chi connectivity index (χ1n) is 9.87. The number of nitrogens with zero attached hydrogens (tertiary/aromatic N) is 2. The number of ether oxygens (including phenoxy) is 1. The zero-order chi connectivity index (χ0) is 19.1. The van der Waals surface area contributed by atoms with Gasteiger partial charge in [-0.25, -0.2) is 0 Å². The molecule has 4 nitrogen and oxygen atoms in total. The normalized spacial score (nSPS) is 15.5. The third-order valence-electron chi connectivity index (χ3n) is 5.39. The Morgan fingerprint density at radius 1 is 1.07 bits per heavy atom. The van der Waals surface area contributed by atoms with Crippen molar-refractivity contribution in [2.45, 2.75) is 32.9 Å². The van der Waals surface area contributed by atoms with Crippen LogP contribution in [0.1, 0.15) is 30.9 Å². The average Bonchev–Trinajstić information content (AvgIpc) is 2.73. The number of piperidine rings is 1. The molecule has 3 rings (SSSR count). The van der Waals surface area contributed by atoms with E-state index in [1.165, 1.54) is 11.1 Å². The van der Waals surface area contributed by atoms with E-state index in [0.29, 0.717) is 12.5 Å². The molecule has 0 bridgehead atoms. The Balaban J connectivity index is 1.52. The van der Waals surface area contributed by atoms with Gasteiger partial charge in [-0.05, 0) is 56.1 Å². The molecule has 1 amide bonds. The van der Waals surface area contributed by atoms with Crippen LogP contribution in [0.4, 0.5) is 0 Å². The summed E-state index contributed by atoms with van der Waals surface area (Å²) in [6.45, 7) is 6.39. The van der Waals surface area contributed by atoms with Gasteiger partial charge in [0.2, 0.25) is 5.91 Å². The summed E-state index contributed by atoms with van der Waals surface area (Å²) in [7, 11) is 1.70. The largest absolute Gasteiger partial charge is 0.497 e. The highest BCUT2D eigenvalue weighted by atomic mass is 16.5. The van der Waals surface area contributed by atoms with Crippen molar-refractivity contribution in [1.82, 2.24) is 9.80 Å². The van der Waals surface area contributed by atoms with Crippen LogP contribution < -0.4 is 4.74 Å². The summed E-state index contributed by atoms with van der Waals surface area (Å²) in [6, 6.07) is 18.5. The molecule has 144 valence electrons. The molecule has 0 unspecified atom stereocenters. The fourth-order valence-corrected chi connectivity index (χ4v) is 3.77. The van der Waals surface area contributed by atoms with Crippen LogP contribution in [-0.2, 0) is 17.9 Å². The lowest BCUT2D eigenvalue weighted by atomic mass is 9.94. The number of methoxy groups -OCH3 is 1. The minimum Gasteiger partial charge on any atom is -0.497 e. The molecule has 0 radical (unpaired) electrons. The summed E-state index contributed by atoms with van der Waals surface area (Å²) >= 11 is 0. The highest BCUT2D eigenvalue weighted by Gasteiger charge is 2.28. The molecule has 0 spiro atoms. The molecule has 1 aliphatic heterocycles. The lowest BCUT2D eigenvalue weighted by Crippen LogP contribution is -2.42. The number of rotatable bonds is 7. The number of hydrogen-bond acceptors (Lipinski definition) is 3. The zero-order valence-electron chi connectivity index (χ0n) is 16.4. The van der Waals surface area contributed by atoms with Gasteiger partial charge in [-0.15, -0.1) is 0 Å². The highest BCUT2D eigenvalue weighted by molar-refractivity contribution is 5.79. The van der Waals surface area contributed by atoms with Gasteiger partial charge in [0.1, 0.15) is 5.75 Å². The van der Waals surface area contributed by atoms with Crippen molar-refractivity contribution in [3.63, 3.8) is 0 Å². The molecule has 1 heterocycles. The molecule has 0 saturated carbocycles. The van der Waals surface area contributed by atoms with E-state index in [2.05, 4.69) is 36.1 Å². The molecule has 0 N–H and O–H groups in total. The number of benzene rings is 2. The number of likely N-dealkylation sites (tertiary alicyclic amines) is 1. The van der Waals surface area contributed by atoms with Gasteiger partial charge in [0.15, 0.2) is 0 Å². The summed E-state index contributed by atoms with van der Waals surface area (Å²) in [5, 5.41) is 0.